The lowest BCUT2D eigenvalue weighted by molar-refractivity contribution is -0.119. The van der Waals surface area contributed by atoms with Crippen LogP contribution in [0.2, 0.25) is 0 Å². The van der Waals surface area contributed by atoms with Crippen molar-refractivity contribution in [3.63, 3.8) is 0 Å². The Balaban J connectivity index is 2.06. The van der Waals surface area contributed by atoms with Gasteiger partial charge in [-0.2, -0.15) is 0 Å². The predicted molar refractivity (Wildman–Crippen MR) is 89.2 cm³/mol. The molecular weight excluding hydrogens is 300 g/mol. The van der Waals surface area contributed by atoms with E-state index in [-0.39, 0.29) is 16.7 Å². The number of ether oxygens (including phenoxy) is 1. The van der Waals surface area contributed by atoms with E-state index in [1.165, 1.54) is 0 Å². The second-order valence-electron chi connectivity index (χ2n) is 6.38. The number of carbonyl (C=O) groups is 1. The molecule has 1 aromatic carbocycles. The Hall–Kier alpha value is -1.40. The van der Waals surface area contributed by atoms with E-state index in [2.05, 4.69) is 5.32 Å². The summed E-state index contributed by atoms with van der Waals surface area (Å²) in [7, 11) is 0.429. The van der Waals surface area contributed by atoms with E-state index in [9.17, 15) is 9.00 Å². The lowest BCUT2D eigenvalue weighted by Gasteiger charge is -2.29. The molecule has 2 atom stereocenters. The Morgan fingerprint density at radius 3 is 2.50 bits per heavy atom. The van der Waals surface area contributed by atoms with Crippen molar-refractivity contribution < 1.29 is 13.7 Å². The molecule has 0 radical (unpaired) electrons. The lowest BCUT2D eigenvalue weighted by Crippen LogP contribution is -2.45. The summed E-state index contributed by atoms with van der Waals surface area (Å²) in [5, 5.41) is 2.90. The molecule has 0 spiro atoms. The van der Waals surface area contributed by atoms with Crippen molar-refractivity contribution in [2.45, 2.75) is 44.4 Å². The molecule has 1 fully saturated rings. The highest BCUT2D eigenvalue weighted by Gasteiger charge is 2.38. The van der Waals surface area contributed by atoms with E-state index in [0.29, 0.717) is 6.54 Å². The number of amides is 1. The zero-order valence-electron chi connectivity index (χ0n) is 13.6. The number of hydrogen-bond donors (Lipinski definition) is 1. The van der Waals surface area contributed by atoms with E-state index >= 15 is 0 Å². The maximum absolute atomic E-state index is 12.6. The summed E-state index contributed by atoms with van der Waals surface area (Å²) in [5.74, 6) is 0.648. The minimum atomic E-state index is -1.17. The molecule has 1 saturated heterocycles. The van der Waals surface area contributed by atoms with Gasteiger partial charge in [-0.1, -0.05) is 0 Å². The third kappa shape index (κ3) is 3.87. The van der Waals surface area contributed by atoms with Gasteiger partial charge in [0, 0.05) is 12.2 Å². The summed E-state index contributed by atoms with van der Waals surface area (Å²) in [5.41, 5.74) is 0.721. The van der Waals surface area contributed by atoms with Crippen LogP contribution < -0.4 is 10.1 Å². The lowest BCUT2D eigenvalue weighted by atomic mass is 10.2. The number of nitrogens with zero attached hydrogens (tertiary/aromatic N) is 1. The molecule has 1 amide bonds. The Morgan fingerprint density at radius 1 is 1.32 bits per heavy atom. The molecule has 0 bridgehead atoms. The fraction of sp³-hybridized carbons (Fsp3) is 0.562. The van der Waals surface area contributed by atoms with Crippen molar-refractivity contribution in [3.8, 4) is 5.75 Å². The Bertz CT molecular complexity index is 552. The summed E-state index contributed by atoms with van der Waals surface area (Å²) in [4.78, 5) is 12.5. The topological polar surface area (TPSA) is 58.6 Å². The van der Waals surface area contributed by atoms with Crippen LogP contribution in [0.1, 0.15) is 33.6 Å². The van der Waals surface area contributed by atoms with Crippen LogP contribution in [-0.4, -0.2) is 38.9 Å². The molecular formula is C16H24N2O3S. The fourth-order valence-corrected chi connectivity index (χ4v) is 3.88. The largest absolute Gasteiger partial charge is 0.497 e. The van der Waals surface area contributed by atoms with Crippen molar-refractivity contribution in [2.75, 3.05) is 19.0 Å². The van der Waals surface area contributed by atoms with Crippen molar-refractivity contribution in [2.24, 2.45) is 0 Å². The first-order chi connectivity index (χ1) is 10.3. The minimum Gasteiger partial charge on any atom is -0.497 e. The number of rotatable bonds is 4. The van der Waals surface area contributed by atoms with Crippen LogP contribution in [-0.2, 0) is 15.8 Å². The summed E-state index contributed by atoms with van der Waals surface area (Å²) in [6.07, 6.45) is 1.63. The Morgan fingerprint density at radius 2 is 1.95 bits per heavy atom. The molecule has 1 aromatic rings. The Kier molecular flexibility index (Phi) is 5.24. The molecule has 0 aromatic heterocycles. The van der Waals surface area contributed by atoms with Gasteiger partial charge >= 0.3 is 0 Å². The zero-order valence-corrected chi connectivity index (χ0v) is 14.4. The Labute approximate surface area is 134 Å². The molecule has 0 saturated carbocycles. The second-order valence-corrected chi connectivity index (χ2v) is 8.57. The van der Waals surface area contributed by atoms with Crippen molar-refractivity contribution in [3.05, 3.63) is 24.3 Å². The first kappa shape index (κ1) is 17.0. The van der Waals surface area contributed by atoms with Gasteiger partial charge in [-0.3, -0.25) is 4.79 Å². The number of carbonyl (C=O) groups excluding carboxylic acids is 1. The summed E-state index contributed by atoms with van der Waals surface area (Å²) < 4.78 is 19.1. The number of anilines is 1. The third-order valence-electron chi connectivity index (χ3n) is 3.60. The zero-order chi connectivity index (χ0) is 16.3. The van der Waals surface area contributed by atoms with Gasteiger partial charge in [0.1, 0.15) is 22.8 Å². The van der Waals surface area contributed by atoms with Gasteiger partial charge in [-0.25, -0.2) is 8.51 Å². The predicted octanol–water partition coefficient (Wildman–Crippen LogP) is 2.56. The SMILES string of the molecule is COc1ccc(NC(=O)C2CCCN2S(=O)C(C)(C)C)cc1. The maximum atomic E-state index is 12.6. The van der Waals surface area contributed by atoms with Gasteiger partial charge in [0.15, 0.2) is 0 Å². The number of benzene rings is 1. The molecule has 1 N–H and O–H groups in total. The molecule has 122 valence electrons. The van der Waals surface area contributed by atoms with Crippen molar-refractivity contribution >= 4 is 22.6 Å². The van der Waals surface area contributed by atoms with Gasteiger partial charge in [-0.15, -0.1) is 0 Å². The fourth-order valence-electron chi connectivity index (χ4n) is 2.45. The average Bonchev–Trinajstić information content (AvgIpc) is 2.95. The van der Waals surface area contributed by atoms with E-state index in [1.54, 1.807) is 31.4 Å². The second kappa shape index (κ2) is 6.79. The monoisotopic (exact) mass is 324 g/mol. The first-order valence-corrected chi connectivity index (χ1v) is 8.57. The van der Waals surface area contributed by atoms with E-state index in [1.807, 2.05) is 25.1 Å². The maximum Gasteiger partial charge on any atom is 0.242 e. The highest BCUT2D eigenvalue weighted by molar-refractivity contribution is 7.84. The average molecular weight is 324 g/mol. The molecule has 2 rings (SSSR count). The van der Waals surface area contributed by atoms with Gasteiger partial charge in [0.2, 0.25) is 5.91 Å². The highest BCUT2D eigenvalue weighted by atomic mass is 32.2. The van der Waals surface area contributed by atoms with E-state index in [0.717, 1.165) is 24.3 Å². The van der Waals surface area contributed by atoms with Crippen molar-refractivity contribution in [1.29, 1.82) is 0 Å². The van der Waals surface area contributed by atoms with Gasteiger partial charge in [0.25, 0.3) is 0 Å². The molecule has 1 heterocycles. The van der Waals surface area contributed by atoms with Crippen LogP contribution in [0.25, 0.3) is 0 Å². The van der Waals surface area contributed by atoms with Crippen LogP contribution in [0.15, 0.2) is 24.3 Å². The molecule has 1 aliphatic heterocycles. The highest BCUT2D eigenvalue weighted by Crippen LogP contribution is 2.26. The molecule has 2 unspecified atom stereocenters. The molecule has 6 heteroatoms. The standard InChI is InChI=1S/C16H24N2O3S/c1-16(2,3)22(20)18-11-5-6-14(18)15(19)17-12-7-9-13(21-4)10-8-12/h7-10,14H,5-6,11H2,1-4H3,(H,17,19). The quantitative estimate of drug-likeness (QED) is 0.926. The summed E-state index contributed by atoms with van der Waals surface area (Å²) in [6, 6.07) is 6.88. The van der Waals surface area contributed by atoms with Crippen molar-refractivity contribution in [1.82, 2.24) is 4.31 Å². The molecule has 0 aliphatic carbocycles. The molecule has 1 aliphatic rings. The molecule has 22 heavy (non-hydrogen) atoms. The van der Waals surface area contributed by atoms with Gasteiger partial charge in [0.05, 0.1) is 11.9 Å². The first-order valence-electron chi connectivity index (χ1n) is 7.46. The third-order valence-corrected chi connectivity index (χ3v) is 5.51. The van der Waals surface area contributed by atoms with Gasteiger partial charge in [-0.05, 0) is 57.9 Å². The van der Waals surface area contributed by atoms with Crippen LogP contribution in [0.5, 0.6) is 5.75 Å². The van der Waals surface area contributed by atoms with E-state index in [4.69, 9.17) is 4.74 Å². The van der Waals surface area contributed by atoms with E-state index < -0.39 is 11.0 Å². The normalized spacial score (nSPS) is 20.6. The van der Waals surface area contributed by atoms with Crippen LogP contribution in [0.4, 0.5) is 5.69 Å². The summed E-state index contributed by atoms with van der Waals surface area (Å²) in [6.45, 7) is 6.49. The summed E-state index contributed by atoms with van der Waals surface area (Å²) >= 11 is 0. The number of hydrogen-bond acceptors (Lipinski definition) is 3. The van der Waals surface area contributed by atoms with Crippen LogP contribution in [0.3, 0.4) is 0 Å². The van der Waals surface area contributed by atoms with Crippen LogP contribution in [0, 0.1) is 0 Å². The van der Waals surface area contributed by atoms with Crippen LogP contribution >= 0.6 is 0 Å². The number of methoxy groups -OCH3 is 1. The number of nitrogens with one attached hydrogen (secondary N) is 1. The molecule has 5 nitrogen and oxygen atoms in total. The smallest absolute Gasteiger partial charge is 0.242 e. The van der Waals surface area contributed by atoms with Gasteiger partial charge < -0.3 is 10.1 Å². The minimum absolute atomic E-state index is 0.0970.